The molecule has 2 aliphatic carbocycles. The van der Waals surface area contributed by atoms with Gasteiger partial charge in [0.25, 0.3) is 10.0 Å². The second-order valence-corrected chi connectivity index (χ2v) is 17.4. The van der Waals surface area contributed by atoms with Crippen LogP contribution in [0.25, 0.3) is 11.4 Å². The van der Waals surface area contributed by atoms with Crippen LogP contribution in [-0.2, 0) is 19.9 Å². The zero-order valence-corrected chi connectivity index (χ0v) is 28.5. The molecule has 15 heteroatoms. The maximum atomic E-state index is 12.6. The Morgan fingerprint density at radius 2 is 1.77 bits per heavy atom. The molecule has 0 amide bonds. The summed E-state index contributed by atoms with van der Waals surface area (Å²) in [5, 5.41) is 6.90. The van der Waals surface area contributed by atoms with Crippen molar-refractivity contribution in [2.24, 2.45) is 11.8 Å². The van der Waals surface area contributed by atoms with E-state index in [1.54, 1.807) is 18.5 Å². The third-order valence-electron chi connectivity index (χ3n) is 8.83. The Kier molecular flexibility index (Phi) is 10.1. The van der Waals surface area contributed by atoms with Gasteiger partial charge in [-0.1, -0.05) is 11.8 Å². The molecule has 3 aliphatic rings. The van der Waals surface area contributed by atoms with E-state index < -0.39 is 19.9 Å². The van der Waals surface area contributed by atoms with Crippen LogP contribution in [0.1, 0.15) is 44.1 Å². The largest absolute Gasteiger partial charge is 0.492 e. The molecule has 1 N–H and O–H groups in total. The van der Waals surface area contributed by atoms with Gasteiger partial charge in [-0.3, -0.25) is 4.90 Å². The Labute approximate surface area is 277 Å². The first kappa shape index (κ1) is 33.3. The van der Waals surface area contributed by atoms with Crippen LogP contribution in [0, 0.1) is 23.7 Å². The molecule has 0 aromatic carbocycles. The molecular formula is C32H42N8O5S2. The molecule has 3 aromatic heterocycles. The quantitative estimate of drug-likeness (QED) is 0.296. The zero-order valence-electron chi connectivity index (χ0n) is 26.9. The Morgan fingerprint density at radius 3 is 2.49 bits per heavy atom. The van der Waals surface area contributed by atoms with Crippen molar-refractivity contribution in [1.82, 2.24) is 33.9 Å². The molecule has 2 saturated carbocycles. The van der Waals surface area contributed by atoms with E-state index >= 15 is 0 Å². The maximum absolute atomic E-state index is 12.6. The molecule has 3 fully saturated rings. The van der Waals surface area contributed by atoms with E-state index in [4.69, 9.17) is 4.74 Å². The summed E-state index contributed by atoms with van der Waals surface area (Å²) >= 11 is 0. The predicted molar refractivity (Wildman–Crippen MR) is 180 cm³/mol. The Hall–Kier alpha value is -3.58. The second kappa shape index (κ2) is 14.3. The summed E-state index contributed by atoms with van der Waals surface area (Å²) in [5.41, 5.74) is 1.15. The molecule has 0 atom stereocenters. The number of anilines is 2. The second-order valence-electron chi connectivity index (χ2n) is 13.0. The standard InChI is InChI=1S/C32H42N8O5S2/c1-38(2)21-24-5-7-25(8-6-24)23-45-29-18-31(34-19-26(29)4-3-13-39-14-16-46(41,42)17-15-39)36-30-11-12-33-32(37-30)27-20-35-40(22-27)47(43,44)28-9-10-28/h11-12,18-20,22,24-25,28H,5-10,13-17,21,23H2,1-2H3,(H,33,34,36,37). The van der Waals surface area contributed by atoms with E-state index in [9.17, 15) is 16.8 Å². The number of aromatic nitrogens is 5. The van der Waals surface area contributed by atoms with Gasteiger partial charge < -0.3 is 15.0 Å². The van der Waals surface area contributed by atoms with Crippen molar-refractivity contribution >= 4 is 31.5 Å². The fourth-order valence-corrected chi connectivity index (χ4v) is 8.71. The van der Waals surface area contributed by atoms with E-state index in [0.717, 1.165) is 29.4 Å². The molecule has 13 nitrogen and oxygen atoms in total. The van der Waals surface area contributed by atoms with Gasteiger partial charge in [0.2, 0.25) is 0 Å². The van der Waals surface area contributed by atoms with Gasteiger partial charge >= 0.3 is 0 Å². The van der Waals surface area contributed by atoms with E-state index in [0.29, 0.717) is 79.3 Å². The average Bonchev–Trinajstić information content (AvgIpc) is 3.79. The Bertz CT molecular complexity index is 1830. The molecule has 252 valence electrons. The molecule has 0 unspecified atom stereocenters. The van der Waals surface area contributed by atoms with Crippen molar-refractivity contribution in [3.05, 3.63) is 42.5 Å². The van der Waals surface area contributed by atoms with Gasteiger partial charge in [-0.25, -0.2) is 31.8 Å². The lowest BCUT2D eigenvalue weighted by Crippen LogP contribution is -2.40. The lowest BCUT2D eigenvalue weighted by molar-refractivity contribution is 0.166. The van der Waals surface area contributed by atoms with Gasteiger partial charge in [-0.2, -0.15) is 9.19 Å². The molecule has 4 heterocycles. The topological polar surface area (TPSA) is 153 Å². The maximum Gasteiger partial charge on any atom is 0.256 e. The van der Waals surface area contributed by atoms with Crippen LogP contribution in [0.4, 0.5) is 11.6 Å². The van der Waals surface area contributed by atoms with E-state index in [2.05, 4.69) is 56.2 Å². The smallest absolute Gasteiger partial charge is 0.256 e. The van der Waals surface area contributed by atoms with Crippen molar-refractivity contribution < 1.29 is 21.6 Å². The minimum Gasteiger partial charge on any atom is -0.492 e. The minimum atomic E-state index is -3.49. The highest BCUT2D eigenvalue weighted by atomic mass is 32.2. The van der Waals surface area contributed by atoms with Gasteiger partial charge in [0.15, 0.2) is 15.7 Å². The number of pyridine rings is 1. The van der Waals surface area contributed by atoms with Crippen LogP contribution < -0.4 is 10.1 Å². The fraction of sp³-hybridized carbons (Fsp3) is 0.562. The molecule has 47 heavy (non-hydrogen) atoms. The fourth-order valence-electron chi connectivity index (χ4n) is 5.95. The first-order valence-corrected chi connectivity index (χ1v) is 19.5. The zero-order chi connectivity index (χ0) is 33.0. The summed E-state index contributed by atoms with van der Waals surface area (Å²) in [5.74, 6) is 9.83. The van der Waals surface area contributed by atoms with Crippen molar-refractivity contribution in [3.63, 3.8) is 0 Å². The van der Waals surface area contributed by atoms with Crippen molar-refractivity contribution in [1.29, 1.82) is 0 Å². The van der Waals surface area contributed by atoms with Crippen molar-refractivity contribution in [3.8, 4) is 29.0 Å². The molecule has 1 saturated heterocycles. The summed E-state index contributed by atoms with van der Waals surface area (Å²) in [6.07, 6.45) is 12.1. The predicted octanol–water partition coefficient (Wildman–Crippen LogP) is 2.65. The molecule has 0 bridgehead atoms. The number of hydrogen-bond acceptors (Lipinski definition) is 12. The van der Waals surface area contributed by atoms with Crippen LogP contribution in [-0.4, -0.2) is 114 Å². The van der Waals surface area contributed by atoms with Gasteiger partial charge in [0, 0.05) is 38.1 Å². The number of nitrogens with one attached hydrogen (secondary N) is 1. The van der Waals surface area contributed by atoms with Crippen molar-refractivity contribution in [2.75, 3.05) is 63.7 Å². The van der Waals surface area contributed by atoms with Crippen LogP contribution in [0.15, 0.2) is 36.9 Å². The summed E-state index contributed by atoms with van der Waals surface area (Å²) in [6, 6.07) is 3.52. The SMILES string of the molecule is CN(C)CC1CCC(COc2cc(Nc3ccnc(-c4cnn(S(=O)(=O)C5CC5)c4)n3)ncc2C#CCN2CCS(=O)(=O)CC2)CC1. The molecule has 0 spiro atoms. The molecule has 3 aromatic rings. The number of nitrogens with zero attached hydrogens (tertiary/aromatic N) is 7. The lowest BCUT2D eigenvalue weighted by atomic mass is 9.82. The van der Waals surface area contributed by atoms with Crippen LogP contribution in [0.5, 0.6) is 5.75 Å². The first-order valence-electron chi connectivity index (χ1n) is 16.1. The summed E-state index contributed by atoms with van der Waals surface area (Å²) in [7, 11) is -2.19. The Balaban J connectivity index is 1.16. The van der Waals surface area contributed by atoms with Crippen molar-refractivity contribution in [2.45, 2.75) is 43.8 Å². The molecule has 1 aliphatic heterocycles. The number of rotatable bonds is 11. The lowest BCUT2D eigenvalue weighted by Gasteiger charge is -2.30. The van der Waals surface area contributed by atoms with Gasteiger partial charge in [-0.05, 0) is 70.5 Å². The highest BCUT2D eigenvalue weighted by molar-refractivity contribution is 7.91. The van der Waals surface area contributed by atoms with E-state index in [1.807, 2.05) is 11.0 Å². The molecular weight excluding hydrogens is 641 g/mol. The van der Waals surface area contributed by atoms with Crippen LogP contribution >= 0.6 is 0 Å². The number of ether oxygens (including phenoxy) is 1. The number of sulfone groups is 1. The molecule has 6 rings (SSSR count). The van der Waals surface area contributed by atoms with Gasteiger partial charge in [-0.15, -0.1) is 0 Å². The first-order chi connectivity index (χ1) is 22.5. The summed E-state index contributed by atoms with van der Waals surface area (Å²) < 4.78 is 56.1. The highest BCUT2D eigenvalue weighted by Crippen LogP contribution is 2.32. The average molecular weight is 683 g/mol. The van der Waals surface area contributed by atoms with Gasteiger partial charge in [0.1, 0.15) is 17.4 Å². The molecule has 0 radical (unpaired) electrons. The van der Waals surface area contributed by atoms with Gasteiger partial charge in [0.05, 0.1) is 53.4 Å². The van der Waals surface area contributed by atoms with Crippen LogP contribution in [0.2, 0.25) is 0 Å². The number of hydrogen-bond donors (Lipinski definition) is 1. The summed E-state index contributed by atoms with van der Waals surface area (Å²) in [4.78, 5) is 17.8. The van der Waals surface area contributed by atoms with E-state index in [-0.39, 0.29) is 16.8 Å². The normalized spacial score (nSPS) is 21.6. The minimum absolute atomic E-state index is 0.161. The monoisotopic (exact) mass is 682 g/mol. The highest BCUT2D eigenvalue weighted by Gasteiger charge is 2.37. The van der Waals surface area contributed by atoms with E-state index in [1.165, 1.54) is 25.2 Å². The third-order valence-corrected chi connectivity index (χ3v) is 12.5. The Morgan fingerprint density at radius 1 is 1.02 bits per heavy atom. The third kappa shape index (κ3) is 8.86. The summed E-state index contributed by atoms with van der Waals surface area (Å²) in [6.45, 7) is 3.13. The van der Waals surface area contributed by atoms with Crippen LogP contribution in [0.3, 0.4) is 0 Å².